The number of halogens is 1. The highest BCUT2D eigenvalue weighted by molar-refractivity contribution is 14.0. The van der Waals surface area contributed by atoms with E-state index in [0.29, 0.717) is 0 Å². The van der Waals surface area contributed by atoms with Gasteiger partial charge in [-0.15, -0.1) is 24.0 Å². The third kappa shape index (κ3) is 7.29. The summed E-state index contributed by atoms with van der Waals surface area (Å²) in [6, 6.07) is 0.732. The highest BCUT2D eigenvalue weighted by Gasteiger charge is 2.21. The number of piperazine rings is 1. The molecule has 2 aliphatic rings. The maximum Gasteiger partial charge on any atom is 0.219 e. The smallest absolute Gasteiger partial charge is 0.219 e. The fourth-order valence-electron chi connectivity index (χ4n) is 3.61. The zero-order valence-corrected chi connectivity index (χ0v) is 18.5. The van der Waals surface area contributed by atoms with Gasteiger partial charge in [0.1, 0.15) is 0 Å². The van der Waals surface area contributed by atoms with Crippen LogP contribution in [-0.2, 0) is 4.79 Å². The minimum absolute atomic E-state index is 0. The Labute approximate surface area is 170 Å². The molecule has 0 radical (unpaired) electrons. The van der Waals surface area contributed by atoms with Crippen LogP contribution >= 0.6 is 24.0 Å². The van der Waals surface area contributed by atoms with Gasteiger partial charge in [-0.05, 0) is 39.7 Å². The number of guanidine groups is 1. The zero-order valence-electron chi connectivity index (χ0n) is 16.2. The summed E-state index contributed by atoms with van der Waals surface area (Å²) >= 11 is 0. The van der Waals surface area contributed by atoms with Gasteiger partial charge < -0.3 is 20.0 Å². The average Bonchev–Trinajstić information content (AvgIpc) is 2.59. The number of carbonyl (C=O) groups is 1. The molecule has 0 bridgehead atoms. The highest BCUT2D eigenvalue weighted by atomic mass is 127. The van der Waals surface area contributed by atoms with Crippen molar-refractivity contribution in [3.8, 4) is 0 Å². The van der Waals surface area contributed by atoms with Crippen molar-refractivity contribution in [3.05, 3.63) is 0 Å². The highest BCUT2D eigenvalue weighted by Crippen LogP contribution is 2.16. The standard InChI is InChI=1S/C18H35N5O.HI/c1-4-19-18(23-14-12-22(13-15-23)17(3)24)20-9-7-11-21-10-6-5-8-16(21)2;/h16H,4-15H2,1-3H3,(H,19,20);1H. The largest absolute Gasteiger partial charge is 0.357 e. The number of aliphatic imine (C=N–C) groups is 1. The van der Waals surface area contributed by atoms with Gasteiger partial charge in [-0.1, -0.05) is 6.42 Å². The maximum atomic E-state index is 11.4. The molecule has 146 valence electrons. The Bertz CT molecular complexity index is 424. The molecule has 6 nitrogen and oxygen atoms in total. The fourth-order valence-corrected chi connectivity index (χ4v) is 3.61. The summed E-state index contributed by atoms with van der Waals surface area (Å²) in [5.41, 5.74) is 0. The second-order valence-corrected chi connectivity index (χ2v) is 6.96. The van der Waals surface area contributed by atoms with Gasteiger partial charge in [0.15, 0.2) is 5.96 Å². The summed E-state index contributed by atoms with van der Waals surface area (Å²) in [7, 11) is 0. The number of nitrogens with one attached hydrogen (secondary N) is 1. The molecule has 0 aromatic carbocycles. The van der Waals surface area contributed by atoms with Crippen molar-refractivity contribution in [2.45, 2.75) is 52.5 Å². The van der Waals surface area contributed by atoms with E-state index in [1.165, 1.54) is 25.8 Å². The number of carbonyl (C=O) groups excluding carboxylic acids is 1. The Morgan fingerprint density at radius 3 is 2.40 bits per heavy atom. The lowest BCUT2D eigenvalue weighted by Gasteiger charge is -2.36. The predicted molar refractivity (Wildman–Crippen MR) is 115 cm³/mol. The summed E-state index contributed by atoms with van der Waals surface area (Å²) in [5.74, 6) is 1.18. The monoisotopic (exact) mass is 465 g/mol. The molecule has 1 atom stereocenters. The van der Waals surface area contributed by atoms with E-state index in [2.05, 4.69) is 29.0 Å². The number of amides is 1. The van der Waals surface area contributed by atoms with Gasteiger partial charge >= 0.3 is 0 Å². The number of rotatable bonds is 5. The molecule has 7 heteroatoms. The van der Waals surface area contributed by atoms with E-state index in [-0.39, 0.29) is 29.9 Å². The summed E-state index contributed by atoms with van der Waals surface area (Å²) < 4.78 is 0. The van der Waals surface area contributed by atoms with Crippen LogP contribution in [0.1, 0.15) is 46.5 Å². The molecule has 1 N–H and O–H groups in total. The molecule has 25 heavy (non-hydrogen) atoms. The molecule has 2 aliphatic heterocycles. The third-order valence-corrected chi connectivity index (χ3v) is 5.17. The van der Waals surface area contributed by atoms with Gasteiger partial charge in [-0.2, -0.15) is 0 Å². The van der Waals surface area contributed by atoms with Gasteiger partial charge in [-0.3, -0.25) is 9.79 Å². The van der Waals surface area contributed by atoms with Crippen LogP contribution in [0.3, 0.4) is 0 Å². The van der Waals surface area contributed by atoms with E-state index in [4.69, 9.17) is 4.99 Å². The van der Waals surface area contributed by atoms with Crippen molar-refractivity contribution >= 4 is 35.8 Å². The van der Waals surface area contributed by atoms with E-state index in [1.54, 1.807) is 6.92 Å². The first kappa shape index (κ1) is 22.5. The molecule has 0 aromatic heterocycles. The molecule has 1 unspecified atom stereocenters. The molecule has 2 heterocycles. The first-order valence-corrected chi connectivity index (χ1v) is 9.64. The molecule has 2 saturated heterocycles. The third-order valence-electron chi connectivity index (χ3n) is 5.17. The lowest BCUT2D eigenvalue weighted by atomic mass is 10.0. The van der Waals surface area contributed by atoms with E-state index in [9.17, 15) is 4.79 Å². The second kappa shape index (κ2) is 11.9. The molecular formula is C18H36IN5O. The first-order chi connectivity index (χ1) is 11.6. The summed E-state index contributed by atoms with van der Waals surface area (Å²) in [6.45, 7) is 13.6. The van der Waals surface area contributed by atoms with E-state index >= 15 is 0 Å². The number of likely N-dealkylation sites (tertiary alicyclic amines) is 1. The average molecular weight is 465 g/mol. The van der Waals surface area contributed by atoms with Gasteiger partial charge in [0.2, 0.25) is 5.91 Å². The van der Waals surface area contributed by atoms with Crippen LogP contribution in [0.25, 0.3) is 0 Å². The Morgan fingerprint density at radius 1 is 1.12 bits per heavy atom. The van der Waals surface area contributed by atoms with Crippen molar-refractivity contribution in [1.82, 2.24) is 20.0 Å². The summed E-state index contributed by atoms with van der Waals surface area (Å²) in [4.78, 5) is 23.1. The van der Waals surface area contributed by atoms with Crippen molar-refractivity contribution in [1.29, 1.82) is 0 Å². The van der Waals surface area contributed by atoms with Crippen LogP contribution in [0.5, 0.6) is 0 Å². The van der Waals surface area contributed by atoms with Crippen LogP contribution in [0.4, 0.5) is 0 Å². The van der Waals surface area contributed by atoms with Crippen molar-refractivity contribution < 1.29 is 4.79 Å². The Balaban J connectivity index is 0.00000312. The van der Waals surface area contributed by atoms with Crippen LogP contribution in [0.15, 0.2) is 4.99 Å². The van der Waals surface area contributed by atoms with E-state index < -0.39 is 0 Å². The lowest BCUT2D eigenvalue weighted by molar-refractivity contribution is -0.130. The number of hydrogen-bond donors (Lipinski definition) is 1. The molecule has 1 amide bonds. The topological polar surface area (TPSA) is 51.2 Å². The van der Waals surface area contributed by atoms with Crippen LogP contribution in [-0.4, -0.2) is 85.0 Å². The second-order valence-electron chi connectivity index (χ2n) is 6.96. The van der Waals surface area contributed by atoms with E-state index in [0.717, 1.165) is 64.2 Å². The summed E-state index contributed by atoms with van der Waals surface area (Å²) in [6.07, 6.45) is 5.18. The Hall–Kier alpha value is -0.570. The molecule has 0 aliphatic carbocycles. The zero-order chi connectivity index (χ0) is 17.4. The van der Waals surface area contributed by atoms with Crippen LogP contribution in [0.2, 0.25) is 0 Å². The maximum absolute atomic E-state index is 11.4. The van der Waals surface area contributed by atoms with Crippen molar-refractivity contribution in [3.63, 3.8) is 0 Å². The molecule has 0 saturated carbocycles. The van der Waals surface area contributed by atoms with Gasteiger partial charge in [-0.25, -0.2) is 0 Å². The Kier molecular flexibility index (Phi) is 10.7. The molecule has 2 rings (SSSR count). The summed E-state index contributed by atoms with van der Waals surface area (Å²) in [5, 5.41) is 3.40. The van der Waals surface area contributed by atoms with Crippen LogP contribution < -0.4 is 5.32 Å². The molecule has 0 spiro atoms. The first-order valence-electron chi connectivity index (χ1n) is 9.64. The number of hydrogen-bond acceptors (Lipinski definition) is 3. The minimum atomic E-state index is 0. The molecular weight excluding hydrogens is 429 g/mol. The quantitative estimate of drug-likeness (QED) is 0.292. The van der Waals surface area contributed by atoms with Gasteiger partial charge in [0.05, 0.1) is 0 Å². The SMILES string of the molecule is CCNC(=NCCCN1CCCCC1C)N1CCN(C(C)=O)CC1.I. The van der Waals surface area contributed by atoms with Crippen LogP contribution in [0, 0.1) is 0 Å². The minimum Gasteiger partial charge on any atom is -0.357 e. The van der Waals surface area contributed by atoms with Crippen molar-refractivity contribution in [2.24, 2.45) is 4.99 Å². The van der Waals surface area contributed by atoms with E-state index in [1.807, 2.05) is 4.90 Å². The fraction of sp³-hybridized carbons (Fsp3) is 0.889. The van der Waals surface area contributed by atoms with Gasteiger partial charge in [0.25, 0.3) is 0 Å². The predicted octanol–water partition coefficient (Wildman–Crippen LogP) is 2.00. The van der Waals surface area contributed by atoms with Crippen molar-refractivity contribution in [2.75, 3.05) is 52.4 Å². The molecule has 2 fully saturated rings. The molecule has 0 aromatic rings. The normalized spacial score (nSPS) is 22.5. The Morgan fingerprint density at radius 2 is 1.80 bits per heavy atom. The number of nitrogens with zero attached hydrogens (tertiary/aromatic N) is 4. The number of piperidine rings is 1. The lowest BCUT2D eigenvalue weighted by Crippen LogP contribution is -2.53. The van der Waals surface area contributed by atoms with Gasteiger partial charge in [0, 0.05) is 58.8 Å².